The van der Waals surface area contributed by atoms with E-state index in [-0.39, 0.29) is 25.2 Å². The quantitative estimate of drug-likeness (QED) is 0.343. The number of likely N-dealkylation sites (tertiary alicyclic amines) is 1. The van der Waals surface area contributed by atoms with Crippen molar-refractivity contribution in [1.82, 2.24) is 4.90 Å². The van der Waals surface area contributed by atoms with Crippen molar-refractivity contribution >= 4 is 17.8 Å². The van der Waals surface area contributed by atoms with Gasteiger partial charge in [0, 0.05) is 26.1 Å². The van der Waals surface area contributed by atoms with Crippen LogP contribution in [-0.4, -0.2) is 84.8 Å². The number of esters is 2. The molecule has 4 rings (SSSR count). The number of carbonyl (C=O) groups is 3. The molecule has 210 valence electrons. The second kappa shape index (κ2) is 14.2. The molecule has 0 bridgehead atoms. The summed E-state index contributed by atoms with van der Waals surface area (Å²) in [4.78, 5) is 39.7. The number of piperidine rings is 1. The molecular weight excluding hydrogens is 504 g/mol. The number of rotatable bonds is 10. The van der Waals surface area contributed by atoms with Gasteiger partial charge in [-0.25, -0.2) is 9.59 Å². The molecule has 0 aliphatic carbocycles. The summed E-state index contributed by atoms with van der Waals surface area (Å²) in [5.41, 5.74) is 7.12. The van der Waals surface area contributed by atoms with E-state index in [9.17, 15) is 19.5 Å². The monoisotopic (exact) mass is 540 g/mol. The summed E-state index contributed by atoms with van der Waals surface area (Å²) < 4.78 is 23.0. The lowest BCUT2D eigenvalue weighted by Gasteiger charge is -2.39. The highest BCUT2D eigenvalue weighted by Gasteiger charge is 2.44. The Morgan fingerprint density at radius 1 is 0.897 bits per heavy atom. The number of amides is 1. The summed E-state index contributed by atoms with van der Waals surface area (Å²) in [6.45, 7) is 1.39. The molecule has 10 nitrogen and oxygen atoms in total. The third kappa shape index (κ3) is 8.09. The number of hydrogen-bond donors (Lipinski definition) is 2. The summed E-state index contributed by atoms with van der Waals surface area (Å²) in [5.74, 6) is -1.10. The lowest BCUT2D eigenvalue weighted by molar-refractivity contribution is -0.227. The van der Waals surface area contributed by atoms with E-state index >= 15 is 0 Å². The molecule has 2 aromatic rings. The summed E-state index contributed by atoms with van der Waals surface area (Å²) in [5, 5.41) is 9.61. The van der Waals surface area contributed by atoms with Crippen LogP contribution in [0.5, 0.6) is 0 Å². The molecule has 3 N–H and O–H groups in total. The molecule has 0 saturated carbocycles. The van der Waals surface area contributed by atoms with Gasteiger partial charge in [-0.3, -0.25) is 4.79 Å². The molecule has 2 aromatic carbocycles. The predicted octanol–water partition coefficient (Wildman–Crippen LogP) is 2.29. The largest absolute Gasteiger partial charge is 0.453 e. The Morgan fingerprint density at radius 2 is 1.49 bits per heavy atom. The molecule has 0 radical (unpaired) electrons. The van der Waals surface area contributed by atoms with Crippen molar-refractivity contribution in [3.63, 3.8) is 0 Å². The molecule has 4 atom stereocenters. The maximum absolute atomic E-state index is 12.8. The van der Waals surface area contributed by atoms with E-state index in [0.29, 0.717) is 56.3 Å². The molecule has 39 heavy (non-hydrogen) atoms. The van der Waals surface area contributed by atoms with E-state index in [1.54, 1.807) is 65.6 Å². The first-order valence-corrected chi connectivity index (χ1v) is 13.4. The van der Waals surface area contributed by atoms with Crippen LogP contribution in [0.25, 0.3) is 0 Å². The minimum Gasteiger partial charge on any atom is -0.453 e. The Hall–Kier alpha value is -3.31. The molecule has 2 heterocycles. The van der Waals surface area contributed by atoms with E-state index in [1.165, 1.54) is 0 Å². The Labute approximate surface area is 228 Å². The molecule has 10 heteroatoms. The standard InChI is InChI=1S/C29H36N2O8/c30-25-26(39-28(35)21-11-5-2-6-12-21)23(38-27(34)20-9-3-1-4-10-20)19-37-29(25)36-18-8-7-13-24(33)31-16-14-22(32)15-17-31/h1-6,9-12,22-23,25-26,29,32H,7-8,13-19,30H2/t23-,25-,26?,29+/m0/s1. The van der Waals surface area contributed by atoms with Crippen molar-refractivity contribution in [2.75, 3.05) is 26.3 Å². The number of benzene rings is 2. The van der Waals surface area contributed by atoms with Crippen LogP contribution in [0.2, 0.25) is 0 Å². The van der Waals surface area contributed by atoms with Gasteiger partial charge in [-0.1, -0.05) is 36.4 Å². The predicted molar refractivity (Wildman–Crippen MR) is 141 cm³/mol. The normalized spacial score (nSPS) is 23.7. The number of unbranched alkanes of at least 4 members (excludes halogenated alkanes) is 1. The van der Waals surface area contributed by atoms with Crippen molar-refractivity contribution in [2.45, 2.75) is 62.7 Å². The highest BCUT2D eigenvalue weighted by atomic mass is 16.7. The van der Waals surface area contributed by atoms with E-state index in [2.05, 4.69) is 0 Å². The Kier molecular flexibility index (Phi) is 10.4. The van der Waals surface area contributed by atoms with Crippen LogP contribution in [0.15, 0.2) is 60.7 Å². The van der Waals surface area contributed by atoms with Gasteiger partial charge in [0.1, 0.15) is 0 Å². The van der Waals surface area contributed by atoms with E-state index < -0.39 is 36.5 Å². The van der Waals surface area contributed by atoms with Crippen LogP contribution < -0.4 is 5.73 Å². The lowest BCUT2D eigenvalue weighted by atomic mass is 10.0. The molecular formula is C29H36N2O8. The molecule has 1 unspecified atom stereocenters. The number of hydrogen-bond acceptors (Lipinski definition) is 9. The highest BCUT2D eigenvalue weighted by Crippen LogP contribution is 2.23. The van der Waals surface area contributed by atoms with E-state index in [4.69, 9.17) is 24.7 Å². The Balaban J connectivity index is 1.31. The summed E-state index contributed by atoms with van der Waals surface area (Å²) in [7, 11) is 0. The fourth-order valence-electron chi connectivity index (χ4n) is 4.61. The second-order valence-corrected chi connectivity index (χ2v) is 9.76. The number of nitrogens with two attached hydrogens (primary N) is 1. The van der Waals surface area contributed by atoms with Crippen molar-refractivity contribution in [3.8, 4) is 0 Å². The lowest BCUT2D eigenvalue weighted by Crippen LogP contribution is -2.60. The van der Waals surface area contributed by atoms with Crippen molar-refractivity contribution in [1.29, 1.82) is 0 Å². The van der Waals surface area contributed by atoms with Crippen LogP contribution in [0, 0.1) is 0 Å². The maximum Gasteiger partial charge on any atom is 0.338 e. The van der Waals surface area contributed by atoms with Gasteiger partial charge in [0.15, 0.2) is 18.5 Å². The van der Waals surface area contributed by atoms with Crippen molar-refractivity contribution in [3.05, 3.63) is 71.8 Å². The first-order chi connectivity index (χ1) is 18.9. The van der Waals surface area contributed by atoms with Crippen LogP contribution in [-0.2, 0) is 23.7 Å². The minimum absolute atomic E-state index is 0.0665. The van der Waals surface area contributed by atoms with Crippen molar-refractivity contribution < 1.29 is 38.4 Å². The van der Waals surface area contributed by atoms with Gasteiger partial charge in [-0.2, -0.15) is 0 Å². The fourth-order valence-corrected chi connectivity index (χ4v) is 4.61. The highest BCUT2D eigenvalue weighted by molar-refractivity contribution is 5.90. The third-order valence-corrected chi connectivity index (χ3v) is 6.89. The van der Waals surface area contributed by atoms with Crippen LogP contribution in [0.4, 0.5) is 0 Å². The van der Waals surface area contributed by atoms with Crippen LogP contribution >= 0.6 is 0 Å². The van der Waals surface area contributed by atoms with E-state index in [1.807, 2.05) is 0 Å². The topological polar surface area (TPSA) is 138 Å². The van der Waals surface area contributed by atoms with Gasteiger partial charge in [-0.05, 0) is 49.9 Å². The number of aliphatic hydroxyl groups is 1. The first-order valence-electron chi connectivity index (χ1n) is 13.4. The van der Waals surface area contributed by atoms with Crippen LogP contribution in [0.3, 0.4) is 0 Å². The summed E-state index contributed by atoms with van der Waals surface area (Å²) in [6, 6.07) is 16.1. The molecule has 1 amide bonds. The molecule has 2 fully saturated rings. The molecule has 2 aliphatic heterocycles. The van der Waals surface area contributed by atoms with Crippen molar-refractivity contribution in [2.24, 2.45) is 5.73 Å². The average Bonchev–Trinajstić information content (AvgIpc) is 2.96. The minimum atomic E-state index is -1.000. The maximum atomic E-state index is 12.8. The third-order valence-electron chi connectivity index (χ3n) is 6.89. The zero-order chi connectivity index (χ0) is 27.6. The smallest absolute Gasteiger partial charge is 0.338 e. The average molecular weight is 541 g/mol. The zero-order valence-corrected chi connectivity index (χ0v) is 21.9. The number of carbonyl (C=O) groups excluding carboxylic acids is 3. The Bertz CT molecular complexity index is 1080. The number of aliphatic hydroxyl groups excluding tert-OH is 1. The van der Waals surface area contributed by atoms with Gasteiger partial charge >= 0.3 is 11.9 Å². The molecule has 0 aromatic heterocycles. The zero-order valence-electron chi connectivity index (χ0n) is 21.9. The SMILES string of the molecule is N[C@H]1C(OC(=O)c2ccccc2)[C@@H](OC(=O)c2ccccc2)CO[C@H]1OCCCCC(=O)N1CCC(O)CC1. The molecule has 0 spiro atoms. The number of nitrogens with zero attached hydrogens (tertiary/aromatic N) is 1. The van der Waals surface area contributed by atoms with Gasteiger partial charge in [0.25, 0.3) is 0 Å². The van der Waals surface area contributed by atoms with Crippen LogP contribution in [0.1, 0.15) is 52.8 Å². The first kappa shape index (κ1) is 28.7. The van der Waals surface area contributed by atoms with Gasteiger partial charge in [-0.15, -0.1) is 0 Å². The van der Waals surface area contributed by atoms with Gasteiger partial charge in [0.2, 0.25) is 5.91 Å². The molecule has 2 saturated heterocycles. The molecule has 2 aliphatic rings. The van der Waals surface area contributed by atoms with E-state index in [0.717, 1.165) is 0 Å². The Morgan fingerprint density at radius 3 is 2.10 bits per heavy atom. The van der Waals surface area contributed by atoms with Gasteiger partial charge in [0.05, 0.1) is 29.9 Å². The number of ether oxygens (including phenoxy) is 4. The summed E-state index contributed by atoms with van der Waals surface area (Å²) >= 11 is 0. The fraction of sp³-hybridized carbons (Fsp3) is 0.483. The summed E-state index contributed by atoms with van der Waals surface area (Å²) in [6.07, 6.45) is -0.275. The van der Waals surface area contributed by atoms with Gasteiger partial charge < -0.3 is 34.7 Å². The second-order valence-electron chi connectivity index (χ2n) is 9.76.